The molecule has 0 aliphatic heterocycles. The molecular weight excluding hydrogens is 866 g/mol. The van der Waals surface area contributed by atoms with Gasteiger partial charge in [-0.15, -0.1) is 0 Å². The van der Waals surface area contributed by atoms with Gasteiger partial charge in [-0.2, -0.15) is 0 Å². The predicted octanol–water partition coefficient (Wildman–Crippen LogP) is 3.97. The standard InChI is InChI=1S/2C21H32O6P2.2Na/c2*1-2-3-4-5-6-7-8-9-10-11-12-14-19-15-13-16-20(17-19)18-21(28(22,23)24)29(25,26)27;;/h2*13,15-18H,2-11H2,1H3,(H2,22,23,24)(H2,25,26,27);;/q;;2*+1/p-2. The monoisotopic (exact) mass is 928 g/mol. The van der Waals surface area contributed by atoms with Crippen LogP contribution in [0.5, 0.6) is 0 Å². The van der Waals surface area contributed by atoms with E-state index in [4.69, 9.17) is 9.79 Å². The summed E-state index contributed by atoms with van der Waals surface area (Å²) in [7, 11) is -20.9. The van der Waals surface area contributed by atoms with E-state index in [1.54, 1.807) is 30.3 Å². The van der Waals surface area contributed by atoms with Crippen LogP contribution in [0.15, 0.2) is 58.6 Å². The van der Waals surface area contributed by atoms with Crippen LogP contribution in [0.25, 0.3) is 12.2 Å². The van der Waals surface area contributed by atoms with Gasteiger partial charge in [-0.1, -0.05) is 165 Å². The Balaban J connectivity index is 0. The van der Waals surface area contributed by atoms with Gasteiger partial charge in [0.25, 0.3) is 0 Å². The second kappa shape index (κ2) is 34.1. The smallest absolute Gasteiger partial charge is 0.807 e. The van der Waals surface area contributed by atoms with Gasteiger partial charge in [-0.25, -0.2) is 0 Å². The molecule has 0 radical (unpaired) electrons. The molecule has 2 aromatic carbocycles. The molecule has 0 fully saturated rings. The minimum absolute atomic E-state index is 0. The van der Waals surface area contributed by atoms with Gasteiger partial charge in [0.15, 0.2) is 5.06 Å². The molecule has 18 heteroatoms. The fraction of sp³-hybridized carbons (Fsp3) is 0.524. The largest absolute Gasteiger partial charge is 1.00 e. The Kier molecular flexibility index (Phi) is 35.0. The van der Waals surface area contributed by atoms with Crippen LogP contribution < -0.4 is 68.9 Å². The zero-order chi connectivity index (χ0) is 43.5. The predicted molar refractivity (Wildman–Crippen MR) is 230 cm³/mol. The summed E-state index contributed by atoms with van der Waals surface area (Å²) >= 11 is 0. The van der Waals surface area contributed by atoms with E-state index >= 15 is 0 Å². The Labute approximate surface area is 402 Å². The van der Waals surface area contributed by atoms with Gasteiger partial charge in [-0.05, 0) is 68.0 Å². The van der Waals surface area contributed by atoms with Crippen molar-refractivity contribution in [2.45, 2.75) is 142 Å². The summed E-state index contributed by atoms with van der Waals surface area (Å²) in [4.78, 5) is 77.2. The van der Waals surface area contributed by atoms with Gasteiger partial charge >= 0.3 is 81.9 Å². The van der Waals surface area contributed by atoms with Crippen LogP contribution in [-0.4, -0.2) is 29.4 Å². The van der Waals surface area contributed by atoms with Crippen molar-refractivity contribution in [1.82, 2.24) is 0 Å². The van der Waals surface area contributed by atoms with E-state index < -0.39 is 40.5 Å². The molecule has 60 heavy (non-hydrogen) atoms. The first kappa shape index (κ1) is 61.7. The van der Waals surface area contributed by atoms with Gasteiger partial charge in [0.2, 0.25) is 0 Å². The number of unbranched alkanes of at least 4 members (excludes halogenated alkanes) is 18. The Morgan fingerprint density at radius 3 is 1.10 bits per heavy atom. The molecule has 0 amide bonds. The van der Waals surface area contributed by atoms with E-state index in [0.29, 0.717) is 17.2 Å². The maximum Gasteiger partial charge on any atom is 1.00 e. The summed E-state index contributed by atoms with van der Waals surface area (Å²) in [6.45, 7) is 4.43. The van der Waals surface area contributed by atoms with E-state index in [9.17, 15) is 47.6 Å². The SMILES string of the molecule is CCCCCCCCCCCC#Cc1cccc(C=C(P(=O)(O)O)P(=O)(O)O)c1.CCCCCCCCCCCC#Cc1cccc(C=C(P(=O)([O-])[O-])P(=O)(O)O)c1.[Na+].[Na+]. The number of rotatable bonds is 24. The van der Waals surface area contributed by atoms with Crippen molar-refractivity contribution in [3.8, 4) is 23.7 Å². The van der Waals surface area contributed by atoms with Gasteiger partial charge in [0, 0.05) is 24.0 Å². The van der Waals surface area contributed by atoms with Crippen molar-refractivity contribution < 1.29 is 117 Å². The van der Waals surface area contributed by atoms with E-state index in [1.807, 2.05) is 0 Å². The zero-order valence-electron chi connectivity index (χ0n) is 35.8. The second-order valence-corrected chi connectivity index (χ2v) is 21.0. The van der Waals surface area contributed by atoms with Gasteiger partial charge in [0.1, 0.15) is 0 Å². The summed E-state index contributed by atoms with van der Waals surface area (Å²) < 4.78 is 45.1. The summed E-state index contributed by atoms with van der Waals surface area (Å²) in [6, 6.07) is 12.7. The molecule has 0 heterocycles. The van der Waals surface area contributed by atoms with Crippen molar-refractivity contribution in [1.29, 1.82) is 0 Å². The molecule has 0 saturated carbocycles. The Bertz CT molecular complexity index is 1720. The Hall–Kier alpha value is -0.360. The van der Waals surface area contributed by atoms with E-state index in [0.717, 1.165) is 44.6 Å². The average molecular weight is 929 g/mol. The van der Waals surface area contributed by atoms with Gasteiger partial charge in [-0.3, -0.25) is 13.7 Å². The van der Waals surface area contributed by atoms with Gasteiger partial charge in [0.05, 0.1) is 5.06 Å². The molecule has 0 aliphatic carbocycles. The van der Waals surface area contributed by atoms with Crippen LogP contribution in [0.4, 0.5) is 0 Å². The number of hydrogen-bond donors (Lipinski definition) is 6. The van der Waals surface area contributed by atoms with Crippen LogP contribution in [0.1, 0.15) is 165 Å². The quantitative estimate of drug-likeness (QED) is 0.0380. The topological polar surface area (TPSA) is 236 Å². The molecule has 0 spiro atoms. The van der Waals surface area contributed by atoms with E-state index in [2.05, 4.69) is 37.5 Å². The third kappa shape index (κ3) is 30.7. The molecule has 0 aromatic heterocycles. The Morgan fingerprint density at radius 2 is 0.800 bits per heavy atom. The van der Waals surface area contributed by atoms with Crippen molar-refractivity contribution >= 4 is 42.5 Å². The zero-order valence-corrected chi connectivity index (χ0v) is 43.4. The van der Waals surface area contributed by atoms with Crippen molar-refractivity contribution in [3.05, 3.63) is 80.9 Å². The maximum absolute atomic E-state index is 11.4. The summed E-state index contributed by atoms with van der Waals surface area (Å²) in [6.07, 6.45) is 25.5. The van der Waals surface area contributed by atoms with Crippen molar-refractivity contribution in [2.24, 2.45) is 0 Å². The van der Waals surface area contributed by atoms with Crippen LogP contribution in [0.3, 0.4) is 0 Å². The average Bonchev–Trinajstić information content (AvgIpc) is 3.13. The maximum atomic E-state index is 11.4. The first-order valence-corrected chi connectivity index (χ1v) is 26.5. The fourth-order valence-electron chi connectivity index (χ4n) is 5.75. The fourth-order valence-corrected chi connectivity index (χ4v) is 9.64. The second-order valence-electron chi connectivity index (χ2n) is 14.1. The molecule has 324 valence electrons. The normalized spacial score (nSPS) is 11.7. The molecule has 2 aromatic rings. The summed E-state index contributed by atoms with van der Waals surface area (Å²) in [5.41, 5.74) is 1.70. The van der Waals surface area contributed by atoms with Crippen LogP contribution >= 0.6 is 30.4 Å². The number of benzene rings is 2. The van der Waals surface area contributed by atoms with Crippen molar-refractivity contribution in [2.75, 3.05) is 0 Å². The third-order valence-electron chi connectivity index (χ3n) is 8.82. The molecule has 6 N–H and O–H groups in total. The van der Waals surface area contributed by atoms with Gasteiger partial charge < -0.3 is 43.7 Å². The minimum Gasteiger partial charge on any atom is -0.807 e. The molecule has 0 atom stereocenters. The molecule has 0 aliphatic rings. The Morgan fingerprint density at radius 1 is 0.500 bits per heavy atom. The summed E-state index contributed by atoms with van der Waals surface area (Å²) in [5.74, 6) is 12.1. The molecule has 0 unspecified atom stereocenters. The third-order valence-corrected chi connectivity index (χ3v) is 14.8. The molecule has 12 nitrogen and oxygen atoms in total. The van der Waals surface area contributed by atoms with Crippen molar-refractivity contribution in [3.63, 3.8) is 0 Å². The summed E-state index contributed by atoms with van der Waals surface area (Å²) in [5, 5.41) is -2.60. The van der Waals surface area contributed by atoms with Crippen LogP contribution in [0.2, 0.25) is 0 Å². The first-order valence-electron chi connectivity index (χ1n) is 20.1. The number of hydrogen-bond acceptors (Lipinski definition) is 6. The molecule has 0 saturated heterocycles. The van der Waals surface area contributed by atoms with Crippen LogP contribution in [0, 0.1) is 23.7 Å². The first-order chi connectivity index (χ1) is 27.3. The van der Waals surface area contributed by atoms with E-state index in [1.165, 1.54) is 108 Å². The minimum atomic E-state index is -5.56. The molecule has 0 bridgehead atoms. The molecule has 2 rings (SSSR count). The van der Waals surface area contributed by atoms with Crippen LogP contribution in [-0.2, 0) is 18.3 Å². The van der Waals surface area contributed by atoms with E-state index in [-0.39, 0.29) is 70.2 Å². The molecular formula is C42H62Na2O12P4.